The lowest BCUT2D eigenvalue weighted by Gasteiger charge is -2.12. The van der Waals surface area contributed by atoms with Crippen LogP contribution >= 0.6 is 11.6 Å². The summed E-state index contributed by atoms with van der Waals surface area (Å²) in [6.45, 7) is 1.37. The van der Waals surface area contributed by atoms with Gasteiger partial charge in [-0.1, -0.05) is 11.6 Å². The average Bonchev–Trinajstić information content (AvgIpc) is 2.49. The van der Waals surface area contributed by atoms with Crippen LogP contribution in [0, 0.1) is 0 Å². The average molecular weight is 320 g/mol. The second-order valence-electron chi connectivity index (χ2n) is 4.44. The first-order valence-corrected chi connectivity index (χ1v) is 6.81. The lowest BCUT2D eigenvalue weighted by molar-refractivity contribution is -0.114. The fraction of sp³-hybridized carbons (Fsp3) is 0.125. The number of hydrogen-bond acceptors (Lipinski definition) is 4. The van der Waals surface area contributed by atoms with Crippen LogP contribution in [0.15, 0.2) is 42.5 Å². The summed E-state index contributed by atoms with van der Waals surface area (Å²) in [5.41, 5.74) is 0.733. The number of carbonyl (C=O) groups is 2. The minimum absolute atomic E-state index is 0.203. The Hall–Kier alpha value is -2.53. The lowest BCUT2D eigenvalue weighted by atomic mass is 10.2. The van der Waals surface area contributed by atoms with E-state index in [0.717, 1.165) is 0 Å². The van der Waals surface area contributed by atoms with Crippen molar-refractivity contribution < 1.29 is 19.1 Å². The molecule has 0 aliphatic carbocycles. The maximum atomic E-state index is 12.1. The van der Waals surface area contributed by atoms with Crippen molar-refractivity contribution in [2.75, 3.05) is 12.4 Å². The number of hydrogen-bond donors (Lipinski definition) is 1. The summed E-state index contributed by atoms with van der Waals surface area (Å²) in [4.78, 5) is 23.4. The Labute approximate surface area is 132 Å². The third kappa shape index (κ3) is 3.99. The van der Waals surface area contributed by atoms with Gasteiger partial charge in [0.1, 0.15) is 5.75 Å². The van der Waals surface area contributed by atoms with Crippen LogP contribution < -0.4 is 14.8 Å². The first-order valence-electron chi connectivity index (χ1n) is 6.43. The zero-order valence-electron chi connectivity index (χ0n) is 12.1. The molecule has 0 unspecified atom stereocenters. The number of ether oxygens (including phenoxy) is 2. The third-order valence-electron chi connectivity index (χ3n) is 2.78. The van der Waals surface area contributed by atoms with Gasteiger partial charge >= 0.3 is 5.97 Å². The summed E-state index contributed by atoms with van der Waals surface area (Å²) in [6.07, 6.45) is 0. The molecule has 0 bridgehead atoms. The molecule has 1 amide bonds. The molecule has 0 aromatic heterocycles. The standard InChI is InChI=1S/C16H14ClNO4/c1-10(19)18-14-8-7-13(21-2)9-15(14)22-16(20)11-3-5-12(17)6-4-11/h3-9H,1-2H3,(H,18,19). The van der Waals surface area contributed by atoms with Gasteiger partial charge in [0.15, 0.2) is 5.75 Å². The maximum Gasteiger partial charge on any atom is 0.343 e. The van der Waals surface area contributed by atoms with Crippen LogP contribution in [-0.2, 0) is 4.79 Å². The van der Waals surface area contributed by atoms with Crippen LogP contribution in [0.2, 0.25) is 5.02 Å². The molecule has 114 valence electrons. The molecule has 1 N–H and O–H groups in total. The van der Waals surface area contributed by atoms with E-state index in [9.17, 15) is 9.59 Å². The van der Waals surface area contributed by atoms with E-state index in [1.165, 1.54) is 20.1 Å². The number of methoxy groups -OCH3 is 1. The van der Waals surface area contributed by atoms with Crippen molar-refractivity contribution >= 4 is 29.2 Å². The molecule has 5 nitrogen and oxygen atoms in total. The highest BCUT2D eigenvalue weighted by Gasteiger charge is 2.13. The summed E-state index contributed by atoms with van der Waals surface area (Å²) in [5, 5.41) is 3.12. The number of benzene rings is 2. The molecule has 0 fully saturated rings. The van der Waals surface area contributed by atoms with Gasteiger partial charge < -0.3 is 14.8 Å². The maximum absolute atomic E-state index is 12.1. The zero-order chi connectivity index (χ0) is 16.1. The van der Waals surface area contributed by atoms with E-state index in [1.54, 1.807) is 36.4 Å². The van der Waals surface area contributed by atoms with Gasteiger partial charge in [0.2, 0.25) is 5.91 Å². The molecule has 0 heterocycles. The Morgan fingerprint density at radius 3 is 2.36 bits per heavy atom. The summed E-state index contributed by atoms with van der Waals surface area (Å²) in [5.74, 6) is -0.118. The van der Waals surface area contributed by atoms with Gasteiger partial charge in [-0.2, -0.15) is 0 Å². The number of rotatable bonds is 4. The largest absolute Gasteiger partial charge is 0.497 e. The van der Waals surface area contributed by atoms with Gasteiger partial charge in [-0.25, -0.2) is 4.79 Å². The van der Waals surface area contributed by atoms with Gasteiger partial charge in [0.05, 0.1) is 18.4 Å². The number of halogens is 1. The van der Waals surface area contributed by atoms with Crippen LogP contribution in [0.1, 0.15) is 17.3 Å². The highest BCUT2D eigenvalue weighted by molar-refractivity contribution is 6.30. The molecule has 0 aliphatic rings. The van der Waals surface area contributed by atoms with E-state index in [0.29, 0.717) is 22.0 Å². The molecule has 22 heavy (non-hydrogen) atoms. The monoisotopic (exact) mass is 319 g/mol. The molecule has 6 heteroatoms. The van der Waals surface area contributed by atoms with E-state index in [1.807, 2.05) is 0 Å². The van der Waals surface area contributed by atoms with Gasteiger partial charge in [-0.3, -0.25) is 4.79 Å². The van der Waals surface area contributed by atoms with Crippen molar-refractivity contribution in [1.29, 1.82) is 0 Å². The topological polar surface area (TPSA) is 64.6 Å². The number of anilines is 1. The van der Waals surface area contributed by atoms with Crippen molar-refractivity contribution in [3.8, 4) is 11.5 Å². The predicted octanol–water partition coefficient (Wildman–Crippen LogP) is 3.53. The van der Waals surface area contributed by atoms with Crippen LogP contribution in [0.4, 0.5) is 5.69 Å². The molecule has 2 aromatic rings. The number of carbonyl (C=O) groups excluding carboxylic acids is 2. The second-order valence-corrected chi connectivity index (χ2v) is 4.88. The van der Waals surface area contributed by atoms with Crippen LogP contribution in [0.5, 0.6) is 11.5 Å². The van der Waals surface area contributed by atoms with Gasteiger partial charge in [-0.05, 0) is 36.4 Å². The number of nitrogens with one attached hydrogen (secondary N) is 1. The minimum atomic E-state index is -0.559. The Kier molecular flexibility index (Phi) is 5.01. The quantitative estimate of drug-likeness (QED) is 0.691. The molecular formula is C16H14ClNO4. The van der Waals surface area contributed by atoms with Crippen molar-refractivity contribution in [1.82, 2.24) is 0 Å². The molecule has 0 atom stereocenters. The normalized spacial score (nSPS) is 9.95. The van der Waals surface area contributed by atoms with E-state index in [4.69, 9.17) is 21.1 Å². The first-order chi connectivity index (χ1) is 10.5. The Morgan fingerprint density at radius 1 is 1.09 bits per heavy atom. The van der Waals surface area contributed by atoms with Crippen LogP contribution in [0.3, 0.4) is 0 Å². The fourth-order valence-electron chi connectivity index (χ4n) is 1.75. The summed E-state index contributed by atoms with van der Waals surface area (Å²) in [7, 11) is 1.50. The van der Waals surface area contributed by atoms with Crippen molar-refractivity contribution in [2.24, 2.45) is 0 Å². The summed E-state index contributed by atoms with van der Waals surface area (Å²) in [6, 6.07) is 11.1. The van der Waals surface area contributed by atoms with Gasteiger partial charge in [-0.15, -0.1) is 0 Å². The highest BCUT2D eigenvalue weighted by Crippen LogP contribution is 2.30. The molecular weight excluding hydrogens is 306 g/mol. The lowest BCUT2D eigenvalue weighted by Crippen LogP contribution is -2.12. The van der Waals surface area contributed by atoms with Gasteiger partial charge in [0.25, 0.3) is 0 Å². The fourth-order valence-corrected chi connectivity index (χ4v) is 1.88. The van der Waals surface area contributed by atoms with Crippen molar-refractivity contribution in [2.45, 2.75) is 6.92 Å². The summed E-state index contributed by atoms with van der Waals surface area (Å²) < 4.78 is 10.4. The SMILES string of the molecule is COc1ccc(NC(C)=O)c(OC(=O)c2ccc(Cl)cc2)c1. The molecule has 0 saturated carbocycles. The highest BCUT2D eigenvalue weighted by atomic mass is 35.5. The zero-order valence-corrected chi connectivity index (χ0v) is 12.8. The number of amides is 1. The smallest absolute Gasteiger partial charge is 0.343 e. The Morgan fingerprint density at radius 2 is 1.77 bits per heavy atom. The third-order valence-corrected chi connectivity index (χ3v) is 3.03. The molecule has 2 rings (SSSR count). The van der Waals surface area contributed by atoms with Crippen LogP contribution in [-0.4, -0.2) is 19.0 Å². The van der Waals surface area contributed by atoms with E-state index < -0.39 is 5.97 Å². The summed E-state index contributed by atoms with van der Waals surface area (Å²) >= 11 is 5.78. The molecule has 0 spiro atoms. The van der Waals surface area contributed by atoms with E-state index >= 15 is 0 Å². The Bertz CT molecular complexity index is 698. The van der Waals surface area contributed by atoms with Crippen molar-refractivity contribution in [3.63, 3.8) is 0 Å². The van der Waals surface area contributed by atoms with Gasteiger partial charge in [0, 0.05) is 18.0 Å². The van der Waals surface area contributed by atoms with Crippen LogP contribution in [0.25, 0.3) is 0 Å². The van der Waals surface area contributed by atoms with E-state index in [2.05, 4.69) is 5.32 Å². The minimum Gasteiger partial charge on any atom is -0.497 e. The van der Waals surface area contributed by atoms with Crippen molar-refractivity contribution in [3.05, 3.63) is 53.1 Å². The molecule has 2 aromatic carbocycles. The van der Waals surface area contributed by atoms with E-state index in [-0.39, 0.29) is 11.7 Å². The second kappa shape index (κ2) is 6.95. The molecule has 0 saturated heterocycles. The number of esters is 1. The Balaban J connectivity index is 2.27. The molecule has 0 aliphatic heterocycles. The molecule has 0 radical (unpaired) electrons. The first kappa shape index (κ1) is 15.9. The predicted molar refractivity (Wildman–Crippen MR) is 83.7 cm³/mol.